The minimum absolute atomic E-state index is 0.00335. The predicted molar refractivity (Wildman–Crippen MR) is 87.8 cm³/mol. The van der Waals surface area contributed by atoms with Crippen molar-refractivity contribution < 1.29 is 0 Å². The summed E-state index contributed by atoms with van der Waals surface area (Å²) in [5.41, 5.74) is 3.96. The second kappa shape index (κ2) is 5.10. The largest absolute Gasteiger partial charge is 0.330 e. The maximum absolute atomic E-state index is 12.4. The number of nitrogens with zero attached hydrogens (tertiary/aromatic N) is 4. The van der Waals surface area contributed by atoms with Gasteiger partial charge < -0.3 is 0 Å². The molecule has 1 saturated carbocycles. The molecule has 0 amide bonds. The van der Waals surface area contributed by atoms with Gasteiger partial charge in [-0.25, -0.2) is 9.78 Å². The van der Waals surface area contributed by atoms with Gasteiger partial charge in [-0.1, -0.05) is 12.1 Å². The summed E-state index contributed by atoms with van der Waals surface area (Å²) < 4.78 is 3.45. The van der Waals surface area contributed by atoms with Crippen LogP contribution in [-0.2, 0) is 13.6 Å². The number of aryl methyl sites for hydroxylation is 1. The topological polar surface area (TPSA) is 63.6 Å². The first-order valence-corrected chi connectivity index (χ1v) is 7.74. The SMILES string of the molecule is Cn1c(=O)n(CC2CC2)c2ccc(-c3ccc(C#N)cc3)nc21. The minimum atomic E-state index is -0.00335. The average molecular weight is 304 g/mol. The summed E-state index contributed by atoms with van der Waals surface area (Å²) in [6.07, 6.45) is 2.42. The standard InChI is InChI=1S/C18H16N4O/c1-21-17-16(22(18(21)23)11-13-2-3-13)9-8-15(20-17)14-6-4-12(10-19)5-7-14/h4-9,13H,2-3,11H2,1H3. The fraction of sp³-hybridized carbons (Fsp3) is 0.278. The van der Waals surface area contributed by atoms with Gasteiger partial charge in [0.1, 0.15) is 0 Å². The molecule has 1 aromatic carbocycles. The van der Waals surface area contributed by atoms with Crippen molar-refractivity contribution in [2.75, 3.05) is 0 Å². The first-order valence-electron chi connectivity index (χ1n) is 7.74. The van der Waals surface area contributed by atoms with Crippen molar-refractivity contribution in [3.8, 4) is 17.3 Å². The Labute approximate surface area is 133 Å². The highest BCUT2D eigenvalue weighted by Crippen LogP contribution is 2.31. The van der Waals surface area contributed by atoms with Gasteiger partial charge in [-0.3, -0.25) is 9.13 Å². The van der Waals surface area contributed by atoms with Crippen LogP contribution in [0.4, 0.5) is 0 Å². The molecule has 0 radical (unpaired) electrons. The number of hydrogen-bond acceptors (Lipinski definition) is 3. The van der Waals surface area contributed by atoms with Gasteiger partial charge >= 0.3 is 5.69 Å². The molecule has 114 valence electrons. The van der Waals surface area contributed by atoms with E-state index < -0.39 is 0 Å². The van der Waals surface area contributed by atoms with Crippen LogP contribution in [0.2, 0.25) is 0 Å². The van der Waals surface area contributed by atoms with Crippen LogP contribution in [0.3, 0.4) is 0 Å². The Bertz CT molecular complexity index is 985. The summed E-state index contributed by atoms with van der Waals surface area (Å²) in [4.78, 5) is 17.1. The van der Waals surface area contributed by atoms with Crippen LogP contribution >= 0.6 is 0 Å². The summed E-state index contributed by atoms with van der Waals surface area (Å²) in [7, 11) is 1.77. The van der Waals surface area contributed by atoms with Crippen molar-refractivity contribution in [3.63, 3.8) is 0 Å². The molecule has 0 aliphatic heterocycles. The number of hydrogen-bond donors (Lipinski definition) is 0. The zero-order valence-electron chi connectivity index (χ0n) is 12.9. The van der Waals surface area contributed by atoms with Gasteiger partial charge in [0.15, 0.2) is 5.65 Å². The number of benzene rings is 1. The molecule has 1 aliphatic rings. The Morgan fingerprint density at radius 1 is 1.22 bits per heavy atom. The van der Waals surface area contributed by atoms with E-state index in [1.807, 2.05) is 28.8 Å². The normalized spacial score (nSPS) is 14.1. The molecule has 1 aliphatic carbocycles. The van der Waals surface area contributed by atoms with Crippen LogP contribution in [0, 0.1) is 17.2 Å². The smallest absolute Gasteiger partial charge is 0.290 e. The second-order valence-corrected chi connectivity index (χ2v) is 6.12. The summed E-state index contributed by atoms with van der Waals surface area (Å²) in [5.74, 6) is 0.636. The monoisotopic (exact) mass is 304 g/mol. The Hall–Kier alpha value is -2.87. The highest BCUT2D eigenvalue weighted by molar-refractivity contribution is 5.76. The van der Waals surface area contributed by atoms with Crippen molar-refractivity contribution in [3.05, 3.63) is 52.4 Å². The lowest BCUT2D eigenvalue weighted by atomic mass is 10.1. The molecule has 5 heteroatoms. The van der Waals surface area contributed by atoms with Gasteiger partial charge in [0.25, 0.3) is 0 Å². The molecule has 2 heterocycles. The van der Waals surface area contributed by atoms with Crippen molar-refractivity contribution in [1.82, 2.24) is 14.1 Å². The molecule has 2 aromatic heterocycles. The highest BCUT2D eigenvalue weighted by atomic mass is 16.1. The molecular formula is C18H16N4O. The van der Waals surface area contributed by atoms with E-state index in [-0.39, 0.29) is 5.69 Å². The predicted octanol–water partition coefficient (Wildman–Crippen LogP) is 2.68. The minimum Gasteiger partial charge on any atom is -0.290 e. The van der Waals surface area contributed by atoms with Crippen LogP contribution < -0.4 is 5.69 Å². The third kappa shape index (κ3) is 2.33. The summed E-state index contributed by atoms with van der Waals surface area (Å²) in [5, 5.41) is 8.88. The number of imidazole rings is 1. The lowest BCUT2D eigenvalue weighted by Gasteiger charge is -2.03. The van der Waals surface area contributed by atoms with Crippen molar-refractivity contribution >= 4 is 11.2 Å². The third-order valence-corrected chi connectivity index (χ3v) is 4.43. The highest BCUT2D eigenvalue weighted by Gasteiger charge is 2.24. The number of nitriles is 1. The van der Waals surface area contributed by atoms with E-state index >= 15 is 0 Å². The van der Waals surface area contributed by atoms with Crippen LogP contribution in [0.25, 0.3) is 22.4 Å². The van der Waals surface area contributed by atoms with Gasteiger partial charge in [0, 0.05) is 19.2 Å². The first-order chi connectivity index (χ1) is 11.2. The first kappa shape index (κ1) is 13.8. The van der Waals surface area contributed by atoms with Crippen LogP contribution in [0.15, 0.2) is 41.2 Å². The lowest BCUT2D eigenvalue weighted by Crippen LogP contribution is -2.22. The maximum Gasteiger partial charge on any atom is 0.330 e. The van der Waals surface area contributed by atoms with Gasteiger partial charge in [0.05, 0.1) is 22.8 Å². The van der Waals surface area contributed by atoms with Crippen LogP contribution in [0.5, 0.6) is 0 Å². The van der Waals surface area contributed by atoms with Gasteiger partial charge in [0.2, 0.25) is 0 Å². The number of fused-ring (bicyclic) bond motifs is 1. The van der Waals surface area contributed by atoms with Crippen LogP contribution in [0.1, 0.15) is 18.4 Å². The Kier molecular flexibility index (Phi) is 3.05. The average Bonchev–Trinajstić information content (AvgIpc) is 3.38. The lowest BCUT2D eigenvalue weighted by molar-refractivity contribution is 0.609. The molecule has 0 unspecified atom stereocenters. The van der Waals surface area contributed by atoms with Gasteiger partial charge in [-0.05, 0) is 43.0 Å². The van der Waals surface area contributed by atoms with E-state index in [9.17, 15) is 4.79 Å². The molecular weight excluding hydrogens is 288 g/mol. The van der Waals surface area contributed by atoms with Crippen molar-refractivity contribution in [2.45, 2.75) is 19.4 Å². The van der Waals surface area contributed by atoms with Crippen molar-refractivity contribution in [2.24, 2.45) is 13.0 Å². The zero-order valence-corrected chi connectivity index (χ0v) is 12.9. The molecule has 0 spiro atoms. The van der Waals surface area contributed by atoms with E-state index in [0.29, 0.717) is 17.1 Å². The van der Waals surface area contributed by atoms with Gasteiger partial charge in [-0.15, -0.1) is 0 Å². The third-order valence-electron chi connectivity index (χ3n) is 4.43. The Morgan fingerprint density at radius 2 is 1.96 bits per heavy atom. The summed E-state index contributed by atoms with van der Waals surface area (Å²) in [6, 6.07) is 13.3. The molecule has 5 nitrogen and oxygen atoms in total. The quantitative estimate of drug-likeness (QED) is 0.747. The number of pyridine rings is 1. The number of aromatic nitrogens is 3. The summed E-state index contributed by atoms with van der Waals surface area (Å²) >= 11 is 0. The summed E-state index contributed by atoms with van der Waals surface area (Å²) in [6.45, 7) is 0.786. The molecule has 1 fully saturated rings. The Morgan fingerprint density at radius 3 is 2.61 bits per heavy atom. The zero-order chi connectivity index (χ0) is 16.0. The maximum atomic E-state index is 12.4. The molecule has 0 atom stereocenters. The molecule has 23 heavy (non-hydrogen) atoms. The van der Waals surface area contributed by atoms with E-state index in [1.165, 1.54) is 12.8 Å². The second-order valence-electron chi connectivity index (χ2n) is 6.12. The van der Waals surface area contributed by atoms with E-state index in [4.69, 9.17) is 5.26 Å². The number of rotatable bonds is 3. The molecule has 0 saturated heterocycles. The molecule has 3 aromatic rings. The van der Waals surface area contributed by atoms with E-state index in [1.54, 1.807) is 23.7 Å². The van der Waals surface area contributed by atoms with Crippen LogP contribution in [-0.4, -0.2) is 14.1 Å². The molecule has 4 rings (SSSR count). The van der Waals surface area contributed by atoms with Crippen molar-refractivity contribution in [1.29, 1.82) is 5.26 Å². The van der Waals surface area contributed by atoms with Gasteiger partial charge in [-0.2, -0.15) is 5.26 Å². The van der Waals surface area contributed by atoms with E-state index in [2.05, 4.69) is 11.1 Å². The fourth-order valence-electron chi connectivity index (χ4n) is 2.88. The molecule has 0 N–H and O–H groups in total. The Balaban J connectivity index is 1.82. The van der Waals surface area contributed by atoms with E-state index in [0.717, 1.165) is 23.3 Å². The molecule has 0 bridgehead atoms. The fourth-order valence-corrected chi connectivity index (χ4v) is 2.88.